The van der Waals surface area contributed by atoms with Gasteiger partial charge >= 0.3 is 5.97 Å². The summed E-state index contributed by atoms with van der Waals surface area (Å²) in [5.74, 6) is 2.47. The van der Waals surface area contributed by atoms with Crippen molar-refractivity contribution < 1.29 is 23.4 Å². The SMILES string of the molecule is CCCc1ccc(OCc2ccc(OCc3nc(-c4ccccc4)oc3C)cc2)c(CC(=O)OC)c1. The smallest absolute Gasteiger partial charge is 0.310 e. The lowest BCUT2D eigenvalue weighted by Crippen LogP contribution is -2.07. The maximum Gasteiger partial charge on any atom is 0.310 e. The van der Waals surface area contributed by atoms with Crippen LogP contribution < -0.4 is 9.47 Å². The second kappa shape index (κ2) is 12.1. The van der Waals surface area contributed by atoms with E-state index >= 15 is 0 Å². The number of nitrogens with zero attached hydrogens (tertiary/aromatic N) is 1. The van der Waals surface area contributed by atoms with Crippen molar-refractivity contribution in [3.05, 3.63) is 101 Å². The molecule has 4 rings (SSSR count). The first-order valence-electron chi connectivity index (χ1n) is 12.1. The van der Waals surface area contributed by atoms with Crippen molar-refractivity contribution in [1.82, 2.24) is 4.98 Å². The zero-order valence-corrected chi connectivity index (χ0v) is 21.0. The summed E-state index contributed by atoms with van der Waals surface area (Å²) in [5, 5.41) is 0. The lowest BCUT2D eigenvalue weighted by atomic mass is 10.0. The van der Waals surface area contributed by atoms with E-state index in [1.165, 1.54) is 12.7 Å². The van der Waals surface area contributed by atoms with Crippen LogP contribution in [-0.4, -0.2) is 18.1 Å². The minimum atomic E-state index is -0.284. The van der Waals surface area contributed by atoms with E-state index in [1.54, 1.807) is 0 Å². The van der Waals surface area contributed by atoms with E-state index in [-0.39, 0.29) is 12.4 Å². The number of hydrogen-bond donors (Lipinski definition) is 0. The van der Waals surface area contributed by atoms with E-state index in [0.29, 0.717) is 24.9 Å². The molecule has 0 bridgehead atoms. The summed E-state index contributed by atoms with van der Waals surface area (Å²) in [5.41, 5.74) is 4.72. The van der Waals surface area contributed by atoms with Gasteiger partial charge in [-0.25, -0.2) is 4.98 Å². The molecule has 0 atom stereocenters. The van der Waals surface area contributed by atoms with E-state index in [0.717, 1.165) is 46.7 Å². The molecule has 0 N–H and O–H groups in total. The van der Waals surface area contributed by atoms with Gasteiger partial charge in [-0.15, -0.1) is 0 Å². The largest absolute Gasteiger partial charge is 0.489 e. The van der Waals surface area contributed by atoms with Gasteiger partial charge in [0.15, 0.2) is 0 Å². The van der Waals surface area contributed by atoms with E-state index in [1.807, 2.05) is 79.7 Å². The first kappa shape index (κ1) is 25.0. The molecular formula is C30H31NO5. The number of benzene rings is 3. The quantitative estimate of drug-likeness (QED) is 0.227. The van der Waals surface area contributed by atoms with Crippen LogP contribution >= 0.6 is 0 Å². The lowest BCUT2D eigenvalue weighted by molar-refractivity contribution is -0.139. The van der Waals surface area contributed by atoms with Crippen molar-refractivity contribution in [3.8, 4) is 23.0 Å². The number of methoxy groups -OCH3 is 1. The first-order chi connectivity index (χ1) is 17.6. The van der Waals surface area contributed by atoms with Crippen LogP contribution in [0.25, 0.3) is 11.5 Å². The molecule has 0 aliphatic rings. The van der Waals surface area contributed by atoms with E-state index in [9.17, 15) is 4.79 Å². The number of hydrogen-bond acceptors (Lipinski definition) is 6. The number of carbonyl (C=O) groups excluding carboxylic acids is 1. The molecular weight excluding hydrogens is 454 g/mol. The fourth-order valence-electron chi connectivity index (χ4n) is 3.84. The van der Waals surface area contributed by atoms with Gasteiger partial charge in [0.05, 0.1) is 13.5 Å². The standard InChI is InChI=1S/C30H31NO5/c1-4-8-22-13-16-28(25(17-22)18-29(32)33-3)35-19-23-11-14-26(15-12-23)34-20-27-21(2)36-30(31-27)24-9-6-5-7-10-24/h5-7,9-17H,4,8,18-20H2,1-3H3. The number of ether oxygens (including phenoxy) is 3. The molecule has 0 fully saturated rings. The fourth-order valence-corrected chi connectivity index (χ4v) is 3.84. The van der Waals surface area contributed by atoms with Gasteiger partial charge in [-0.3, -0.25) is 4.79 Å². The van der Waals surface area contributed by atoms with Crippen LogP contribution in [0.3, 0.4) is 0 Å². The molecule has 0 aliphatic carbocycles. The summed E-state index contributed by atoms with van der Waals surface area (Å²) in [6.07, 6.45) is 2.18. The third-order valence-corrected chi connectivity index (χ3v) is 5.83. The average Bonchev–Trinajstić information content (AvgIpc) is 3.28. The van der Waals surface area contributed by atoms with Gasteiger partial charge in [0.2, 0.25) is 5.89 Å². The third kappa shape index (κ3) is 6.54. The molecule has 6 nitrogen and oxygen atoms in total. The Labute approximate surface area is 211 Å². The summed E-state index contributed by atoms with van der Waals surface area (Å²) < 4.78 is 22.7. The topological polar surface area (TPSA) is 70.8 Å². The summed E-state index contributed by atoms with van der Waals surface area (Å²) in [6, 6.07) is 23.6. The van der Waals surface area contributed by atoms with Crippen LogP contribution in [0, 0.1) is 6.92 Å². The minimum Gasteiger partial charge on any atom is -0.489 e. The van der Waals surface area contributed by atoms with Gasteiger partial charge in [0.1, 0.15) is 36.2 Å². The lowest BCUT2D eigenvalue weighted by Gasteiger charge is -2.13. The van der Waals surface area contributed by atoms with Crippen molar-refractivity contribution in [1.29, 1.82) is 0 Å². The second-order valence-electron chi connectivity index (χ2n) is 8.55. The Morgan fingerprint density at radius 1 is 0.917 bits per heavy atom. The Morgan fingerprint density at radius 2 is 1.67 bits per heavy atom. The Balaban J connectivity index is 1.36. The highest BCUT2D eigenvalue weighted by Gasteiger charge is 2.13. The Bertz CT molecular complexity index is 1280. The van der Waals surface area contributed by atoms with Crippen LogP contribution in [0.5, 0.6) is 11.5 Å². The number of carbonyl (C=O) groups is 1. The summed E-state index contributed by atoms with van der Waals surface area (Å²) in [6.45, 7) is 4.72. The maximum absolute atomic E-state index is 11.9. The molecule has 0 radical (unpaired) electrons. The number of esters is 1. The van der Waals surface area contributed by atoms with Crippen LogP contribution in [0.15, 0.2) is 77.2 Å². The molecule has 0 unspecified atom stereocenters. The Kier molecular flexibility index (Phi) is 8.40. The average molecular weight is 486 g/mol. The van der Waals surface area contributed by atoms with Crippen molar-refractivity contribution in [2.75, 3.05) is 7.11 Å². The molecule has 36 heavy (non-hydrogen) atoms. The van der Waals surface area contributed by atoms with Crippen molar-refractivity contribution >= 4 is 5.97 Å². The van der Waals surface area contributed by atoms with Crippen LogP contribution in [0.2, 0.25) is 0 Å². The molecule has 0 amide bonds. The normalized spacial score (nSPS) is 10.8. The van der Waals surface area contributed by atoms with Crippen molar-refractivity contribution in [2.24, 2.45) is 0 Å². The van der Waals surface area contributed by atoms with Gasteiger partial charge in [-0.2, -0.15) is 0 Å². The maximum atomic E-state index is 11.9. The van der Waals surface area contributed by atoms with Crippen LogP contribution in [0.1, 0.15) is 41.5 Å². The molecule has 0 aliphatic heterocycles. The van der Waals surface area contributed by atoms with E-state index in [4.69, 9.17) is 18.6 Å². The highest BCUT2D eigenvalue weighted by atomic mass is 16.5. The Hall–Kier alpha value is -4.06. The molecule has 1 heterocycles. The van der Waals surface area contributed by atoms with Crippen molar-refractivity contribution in [2.45, 2.75) is 46.3 Å². The molecule has 4 aromatic rings. The fraction of sp³-hybridized carbons (Fsp3) is 0.267. The monoisotopic (exact) mass is 485 g/mol. The molecule has 186 valence electrons. The number of rotatable bonds is 11. The van der Waals surface area contributed by atoms with Crippen LogP contribution in [-0.2, 0) is 35.6 Å². The summed E-state index contributed by atoms with van der Waals surface area (Å²) in [7, 11) is 1.40. The minimum absolute atomic E-state index is 0.184. The third-order valence-electron chi connectivity index (χ3n) is 5.83. The highest BCUT2D eigenvalue weighted by molar-refractivity contribution is 5.73. The molecule has 6 heteroatoms. The van der Waals surface area contributed by atoms with E-state index in [2.05, 4.69) is 11.9 Å². The zero-order chi connectivity index (χ0) is 25.3. The van der Waals surface area contributed by atoms with Gasteiger partial charge in [0, 0.05) is 11.1 Å². The zero-order valence-electron chi connectivity index (χ0n) is 21.0. The van der Waals surface area contributed by atoms with Gasteiger partial charge < -0.3 is 18.6 Å². The predicted octanol–water partition coefficient (Wildman–Crippen LogP) is 6.48. The van der Waals surface area contributed by atoms with Gasteiger partial charge in [-0.1, -0.05) is 55.8 Å². The number of aryl methyl sites for hydroxylation is 2. The highest BCUT2D eigenvalue weighted by Crippen LogP contribution is 2.25. The van der Waals surface area contributed by atoms with Gasteiger partial charge in [-0.05, 0) is 54.8 Å². The molecule has 1 aromatic heterocycles. The molecule has 0 saturated carbocycles. The summed E-state index contributed by atoms with van der Waals surface area (Å²) in [4.78, 5) is 16.5. The Morgan fingerprint density at radius 3 is 2.39 bits per heavy atom. The number of oxazole rings is 1. The van der Waals surface area contributed by atoms with Crippen LogP contribution in [0.4, 0.5) is 0 Å². The summed E-state index contributed by atoms with van der Waals surface area (Å²) >= 11 is 0. The van der Waals surface area contributed by atoms with E-state index < -0.39 is 0 Å². The predicted molar refractivity (Wildman–Crippen MR) is 138 cm³/mol. The molecule has 0 spiro atoms. The molecule has 3 aromatic carbocycles. The second-order valence-corrected chi connectivity index (χ2v) is 8.55. The molecule has 0 saturated heterocycles. The first-order valence-corrected chi connectivity index (χ1v) is 12.1. The van der Waals surface area contributed by atoms with Gasteiger partial charge in [0.25, 0.3) is 0 Å². The number of aromatic nitrogens is 1. The van der Waals surface area contributed by atoms with Crippen molar-refractivity contribution in [3.63, 3.8) is 0 Å².